The zero-order chi connectivity index (χ0) is 15.5. The molecule has 0 spiro atoms. The third-order valence-electron chi connectivity index (χ3n) is 4.02. The molecule has 6 heteroatoms. The number of amides is 1. The maximum absolute atomic E-state index is 11.8. The van der Waals surface area contributed by atoms with E-state index in [2.05, 4.69) is 40.7 Å². The number of fused-ring (bicyclic) bond motifs is 1. The molecule has 1 aliphatic carbocycles. The van der Waals surface area contributed by atoms with Crippen molar-refractivity contribution in [2.75, 3.05) is 18.9 Å². The Morgan fingerprint density at radius 2 is 2.09 bits per heavy atom. The van der Waals surface area contributed by atoms with Crippen molar-refractivity contribution < 1.29 is 4.79 Å². The number of carbonyl (C=O) groups excluding carboxylic acids is 1. The Kier molecular flexibility index (Phi) is 6.16. The molecule has 3 rings (SSSR count). The molecule has 124 valence electrons. The van der Waals surface area contributed by atoms with Crippen molar-refractivity contribution in [2.24, 2.45) is 0 Å². The summed E-state index contributed by atoms with van der Waals surface area (Å²) in [5, 5.41) is 6.55. The van der Waals surface area contributed by atoms with Gasteiger partial charge in [-0.25, -0.2) is 4.98 Å². The maximum atomic E-state index is 11.8. The lowest BCUT2D eigenvalue weighted by Crippen LogP contribution is -2.18. The summed E-state index contributed by atoms with van der Waals surface area (Å²) in [7, 11) is 1.84. The number of hydrogen-bond acceptors (Lipinski definition) is 4. The van der Waals surface area contributed by atoms with Gasteiger partial charge in [0.2, 0.25) is 5.91 Å². The van der Waals surface area contributed by atoms with Crippen molar-refractivity contribution in [1.82, 2.24) is 10.3 Å². The van der Waals surface area contributed by atoms with E-state index in [-0.39, 0.29) is 18.3 Å². The summed E-state index contributed by atoms with van der Waals surface area (Å²) in [6.45, 7) is 2.73. The third kappa shape index (κ3) is 4.10. The number of hydrogen-bond donors (Lipinski definition) is 2. The van der Waals surface area contributed by atoms with Crippen LogP contribution in [0.2, 0.25) is 0 Å². The molecule has 2 aromatic rings. The molecule has 0 bridgehead atoms. The van der Waals surface area contributed by atoms with Gasteiger partial charge in [0.05, 0.1) is 5.69 Å². The van der Waals surface area contributed by atoms with E-state index in [1.807, 2.05) is 7.05 Å². The second-order valence-electron chi connectivity index (χ2n) is 5.66. The van der Waals surface area contributed by atoms with Gasteiger partial charge in [0.25, 0.3) is 0 Å². The van der Waals surface area contributed by atoms with Crippen LogP contribution < -0.4 is 10.6 Å². The molecular formula is C17H22ClN3OS. The van der Waals surface area contributed by atoms with Gasteiger partial charge >= 0.3 is 0 Å². The minimum absolute atomic E-state index is 0. The lowest BCUT2D eigenvalue weighted by molar-refractivity contribution is -0.116. The number of nitrogens with zero attached hydrogens (tertiary/aromatic N) is 1. The first-order chi connectivity index (χ1) is 10.7. The first kappa shape index (κ1) is 17.9. The van der Waals surface area contributed by atoms with Gasteiger partial charge in [-0.15, -0.1) is 23.7 Å². The second kappa shape index (κ2) is 7.90. The van der Waals surface area contributed by atoms with E-state index >= 15 is 0 Å². The molecule has 0 atom stereocenters. The Morgan fingerprint density at radius 1 is 1.30 bits per heavy atom. The lowest BCUT2D eigenvalue weighted by atomic mass is 10.0. The number of aromatic nitrogens is 1. The maximum Gasteiger partial charge on any atom is 0.227 e. The minimum atomic E-state index is 0. The summed E-state index contributed by atoms with van der Waals surface area (Å²) >= 11 is 1.54. The normalized spacial score (nSPS) is 12.6. The van der Waals surface area contributed by atoms with Gasteiger partial charge in [-0.3, -0.25) is 4.79 Å². The summed E-state index contributed by atoms with van der Waals surface area (Å²) in [6.07, 6.45) is 4.07. The van der Waals surface area contributed by atoms with Crippen molar-refractivity contribution in [1.29, 1.82) is 0 Å². The SMILES string of the molecule is CNCCC(=O)Nc1nc(-c2ccc3c(c2)CCC3)c(C)s1.Cl. The van der Waals surface area contributed by atoms with E-state index in [0.29, 0.717) is 18.1 Å². The van der Waals surface area contributed by atoms with Crippen molar-refractivity contribution in [2.45, 2.75) is 32.6 Å². The van der Waals surface area contributed by atoms with Crippen LogP contribution in [-0.2, 0) is 17.6 Å². The molecule has 0 radical (unpaired) electrons. The Hall–Kier alpha value is -1.43. The number of aryl methyl sites for hydroxylation is 3. The highest BCUT2D eigenvalue weighted by Crippen LogP contribution is 2.33. The van der Waals surface area contributed by atoms with Crippen LogP contribution in [0.3, 0.4) is 0 Å². The summed E-state index contributed by atoms with van der Waals surface area (Å²) in [5.74, 6) is 0.00334. The van der Waals surface area contributed by atoms with Gasteiger partial charge in [0.1, 0.15) is 0 Å². The zero-order valence-electron chi connectivity index (χ0n) is 13.4. The molecule has 0 fully saturated rings. The molecule has 0 aliphatic heterocycles. The first-order valence-corrected chi connectivity index (χ1v) is 8.53. The Morgan fingerprint density at radius 3 is 2.87 bits per heavy atom. The van der Waals surface area contributed by atoms with Gasteiger partial charge in [-0.2, -0.15) is 0 Å². The molecule has 1 heterocycles. The van der Waals surface area contributed by atoms with Gasteiger partial charge in [-0.1, -0.05) is 12.1 Å². The topological polar surface area (TPSA) is 54.0 Å². The summed E-state index contributed by atoms with van der Waals surface area (Å²) in [4.78, 5) is 17.6. The van der Waals surface area contributed by atoms with Gasteiger partial charge in [0.15, 0.2) is 5.13 Å². The predicted octanol–water partition coefficient (Wildman–Crippen LogP) is 3.58. The third-order valence-corrected chi connectivity index (χ3v) is 4.90. The average molecular weight is 352 g/mol. The second-order valence-corrected chi connectivity index (χ2v) is 6.87. The summed E-state index contributed by atoms with van der Waals surface area (Å²) in [5.41, 5.74) is 5.07. The molecule has 4 nitrogen and oxygen atoms in total. The molecule has 0 saturated heterocycles. The Labute approximate surface area is 147 Å². The van der Waals surface area contributed by atoms with Crippen LogP contribution in [0.4, 0.5) is 5.13 Å². The van der Waals surface area contributed by atoms with Crippen LogP contribution in [0.25, 0.3) is 11.3 Å². The highest BCUT2D eigenvalue weighted by molar-refractivity contribution is 7.16. The van der Waals surface area contributed by atoms with E-state index in [0.717, 1.165) is 16.1 Å². The monoisotopic (exact) mass is 351 g/mol. The smallest absolute Gasteiger partial charge is 0.227 e. The number of carbonyl (C=O) groups is 1. The Bertz CT molecular complexity index is 699. The average Bonchev–Trinajstić information content (AvgIpc) is 3.10. The lowest BCUT2D eigenvalue weighted by Gasteiger charge is -2.03. The van der Waals surface area contributed by atoms with Gasteiger partial charge < -0.3 is 10.6 Å². The number of benzene rings is 1. The molecule has 1 aliphatic rings. The van der Waals surface area contributed by atoms with Crippen molar-refractivity contribution in [3.63, 3.8) is 0 Å². The van der Waals surface area contributed by atoms with Gasteiger partial charge in [0, 0.05) is 23.4 Å². The number of halogens is 1. The highest BCUT2D eigenvalue weighted by atomic mass is 35.5. The van der Waals surface area contributed by atoms with E-state index in [9.17, 15) is 4.79 Å². The number of anilines is 1. The fourth-order valence-corrected chi connectivity index (χ4v) is 3.71. The van der Waals surface area contributed by atoms with E-state index in [1.54, 1.807) is 11.3 Å². The fourth-order valence-electron chi connectivity index (χ4n) is 2.86. The van der Waals surface area contributed by atoms with Crippen LogP contribution in [0.1, 0.15) is 28.8 Å². The molecule has 1 aromatic heterocycles. The molecule has 2 N–H and O–H groups in total. The fraction of sp³-hybridized carbons (Fsp3) is 0.412. The van der Waals surface area contributed by atoms with Gasteiger partial charge in [-0.05, 0) is 50.4 Å². The van der Waals surface area contributed by atoms with E-state index < -0.39 is 0 Å². The van der Waals surface area contributed by atoms with E-state index in [1.165, 1.54) is 30.4 Å². The zero-order valence-corrected chi connectivity index (χ0v) is 15.1. The largest absolute Gasteiger partial charge is 0.319 e. The Balaban J connectivity index is 0.00000192. The summed E-state index contributed by atoms with van der Waals surface area (Å²) < 4.78 is 0. The molecule has 1 aromatic carbocycles. The summed E-state index contributed by atoms with van der Waals surface area (Å²) in [6, 6.07) is 6.64. The number of nitrogens with one attached hydrogen (secondary N) is 2. The predicted molar refractivity (Wildman–Crippen MR) is 98.7 cm³/mol. The molecule has 1 amide bonds. The van der Waals surface area contributed by atoms with Crippen LogP contribution in [0.15, 0.2) is 18.2 Å². The van der Waals surface area contributed by atoms with Crippen molar-refractivity contribution in [3.8, 4) is 11.3 Å². The van der Waals surface area contributed by atoms with Crippen LogP contribution in [-0.4, -0.2) is 24.5 Å². The number of thiazole rings is 1. The van der Waals surface area contributed by atoms with Crippen molar-refractivity contribution >= 4 is 34.8 Å². The first-order valence-electron chi connectivity index (χ1n) is 7.71. The van der Waals surface area contributed by atoms with Crippen LogP contribution in [0.5, 0.6) is 0 Å². The molecular weight excluding hydrogens is 330 g/mol. The number of rotatable bonds is 5. The minimum Gasteiger partial charge on any atom is -0.319 e. The molecule has 0 saturated carbocycles. The molecule has 0 unspecified atom stereocenters. The molecule has 23 heavy (non-hydrogen) atoms. The van der Waals surface area contributed by atoms with Crippen LogP contribution in [0, 0.1) is 6.92 Å². The highest BCUT2D eigenvalue weighted by Gasteiger charge is 2.15. The van der Waals surface area contributed by atoms with E-state index in [4.69, 9.17) is 0 Å². The standard InChI is InChI=1S/C17H21N3OS.ClH/c1-11-16(14-7-6-12-4-3-5-13(12)10-14)20-17(22-11)19-15(21)8-9-18-2;/h6-7,10,18H,3-5,8-9H2,1-2H3,(H,19,20,21);1H. The van der Waals surface area contributed by atoms with Crippen molar-refractivity contribution in [3.05, 3.63) is 34.2 Å². The quantitative estimate of drug-likeness (QED) is 0.865. The van der Waals surface area contributed by atoms with Crippen LogP contribution >= 0.6 is 23.7 Å².